The molecule has 0 radical (unpaired) electrons. The second kappa shape index (κ2) is 6.14. The molecule has 1 heterocycles. The van der Waals surface area contributed by atoms with Gasteiger partial charge in [0.2, 0.25) is 0 Å². The number of nitrogens with one attached hydrogen (secondary N) is 1. The Morgan fingerprint density at radius 2 is 2.10 bits per heavy atom. The van der Waals surface area contributed by atoms with Crippen LogP contribution >= 0.6 is 0 Å². The minimum Gasteiger partial charge on any atom is -0.496 e. The molecule has 2 rings (SSSR count). The third-order valence-corrected chi connectivity index (χ3v) is 2.97. The minimum atomic E-state index is -0.641. The molecule has 0 aliphatic heterocycles. The topological polar surface area (TPSA) is 51.2 Å². The molecule has 2 aromatic rings. The fraction of sp³-hybridized carbons (Fsp3) is 0.200. The number of nitrogens with zero attached hydrogens (tertiary/aromatic N) is 1. The van der Waals surface area contributed by atoms with E-state index in [1.807, 2.05) is 31.2 Å². The van der Waals surface area contributed by atoms with E-state index in [9.17, 15) is 9.18 Å². The van der Waals surface area contributed by atoms with Crippen molar-refractivity contribution in [2.75, 3.05) is 7.11 Å². The molecule has 20 heavy (non-hydrogen) atoms. The largest absolute Gasteiger partial charge is 0.496 e. The van der Waals surface area contributed by atoms with Crippen molar-refractivity contribution in [3.05, 3.63) is 59.7 Å². The first-order valence-corrected chi connectivity index (χ1v) is 6.16. The summed E-state index contributed by atoms with van der Waals surface area (Å²) < 4.78 is 18.7. The highest BCUT2D eigenvalue weighted by Crippen LogP contribution is 2.24. The Kier molecular flexibility index (Phi) is 4.30. The first-order chi connectivity index (χ1) is 9.63. The molecule has 0 saturated carbocycles. The third-order valence-electron chi connectivity index (χ3n) is 2.97. The molecule has 0 fully saturated rings. The van der Waals surface area contributed by atoms with Crippen LogP contribution in [0.1, 0.15) is 28.9 Å². The summed E-state index contributed by atoms with van der Waals surface area (Å²) in [6, 6.07) is 8.41. The van der Waals surface area contributed by atoms with E-state index in [0.29, 0.717) is 5.75 Å². The molecule has 1 amide bonds. The Labute approximate surface area is 116 Å². The molecule has 1 aromatic carbocycles. The van der Waals surface area contributed by atoms with Gasteiger partial charge in [-0.25, -0.2) is 4.39 Å². The molecule has 0 aliphatic carbocycles. The predicted octanol–water partition coefficient (Wildman–Crippen LogP) is 2.72. The number of aromatic nitrogens is 1. The Bertz CT molecular complexity index is 616. The molecular weight excluding hydrogens is 259 g/mol. The molecule has 5 heteroatoms. The van der Waals surface area contributed by atoms with Gasteiger partial charge < -0.3 is 10.1 Å². The lowest BCUT2D eigenvalue weighted by molar-refractivity contribution is 0.0935. The minimum absolute atomic E-state index is 0.0262. The lowest BCUT2D eigenvalue weighted by Gasteiger charge is -2.17. The van der Waals surface area contributed by atoms with Crippen LogP contribution in [0.4, 0.5) is 4.39 Å². The number of benzene rings is 1. The lowest BCUT2D eigenvalue weighted by Crippen LogP contribution is -2.27. The van der Waals surface area contributed by atoms with E-state index >= 15 is 0 Å². The van der Waals surface area contributed by atoms with Gasteiger partial charge in [-0.2, -0.15) is 0 Å². The summed E-state index contributed by atoms with van der Waals surface area (Å²) in [4.78, 5) is 15.6. The van der Waals surface area contributed by atoms with Crippen molar-refractivity contribution >= 4 is 5.91 Å². The zero-order chi connectivity index (χ0) is 14.5. The van der Waals surface area contributed by atoms with Crippen LogP contribution in [-0.4, -0.2) is 18.0 Å². The Balaban J connectivity index is 2.18. The van der Waals surface area contributed by atoms with Crippen LogP contribution in [0.5, 0.6) is 5.75 Å². The number of pyridine rings is 1. The van der Waals surface area contributed by atoms with Crippen molar-refractivity contribution in [3.63, 3.8) is 0 Å². The van der Waals surface area contributed by atoms with Crippen molar-refractivity contribution in [3.8, 4) is 5.75 Å². The third kappa shape index (κ3) is 2.93. The van der Waals surface area contributed by atoms with E-state index in [4.69, 9.17) is 4.74 Å². The fourth-order valence-electron chi connectivity index (χ4n) is 1.94. The second-order valence-corrected chi connectivity index (χ2v) is 4.29. The van der Waals surface area contributed by atoms with Crippen LogP contribution in [0.2, 0.25) is 0 Å². The number of hydrogen-bond acceptors (Lipinski definition) is 3. The number of halogens is 1. The van der Waals surface area contributed by atoms with E-state index in [2.05, 4.69) is 10.3 Å². The molecule has 0 saturated heterocycles. The molecule has 1 aromatic heterocycles. The first-order valence-electron chi connectivity index (χ1n) is 6.16. The summed E-state index contributed by atoms with van der Waals surface area (Å²) in [7, 11) is 1.57. The summed E-state index contributed by atoms with van der Waals surface area (Å²) >= 11 is 0. The van der Waals surface area contributed by atoms with Crippen LogP contribution in [0.15, 0.2) is 42.7 Å². The summed E-state index contributed by atoms with van der Waals surface area (Å²) in [5.41, 5.74) is 0.805. The SMILES string of the molecule is COc1ccccc1C(C)NC(=O)c1ccncc1F. The molecular formula is C15H15FN2O2. The average molecular weight is 274 g/mol. The van der Waals surface area contributed by atoms with Crippen LogP contribution in [0, 0.1) is 5.82 Å². The quantitative estimate of drug-likeness (QED) is 0.932. The molecule has 1 atom stereocenters. The van der Waals surface area contributed by atoms with Gasteiger partial charge in [-0.3, -0.25) is 9.78 Å². The van der Waals surface area contributed by atoms with E-state index in [0.717, 1.165) is 11.8 Å². The number of methoxy groups -OCH3 is 1. The zero-order valence-corrected chi connectivity index (χ0v) is 11.3. The van der Waals surface area contributed by atoms with Gasteiger partial charge in [-0.05, 0) is 19.1 Å². The summed E-state index contributed by atoms with van der Waals surface area (Å²) in [5.74, 6) is -0.448. The van der Waals surface area contributed by atoms with E-state index in [-0.39, 0.29) is 11.6 Å². The normalized spacial score (nSPS) is 11.8. The number of carbonyl (C=O) groups excluding carboxylic acids is 1. The predicted molar refractivity (Wildman–Crippen MR) is 73.1 cm³/mol. The van der Waals surface area contributed by atoms with Gasteiger partial charge in [-0.1, -0.05) is 18.2 Å². The fourth-order valence-corrected chi connectivity index (χ4v) is 1.94. The number of para-hydroxylation sites is 1. The molecule has 0 bridgehead atoms. The number of hydrogen-bond donors (Lipinski definition) is 1. The van der Waals surface area contributed by atoms with E-state index in [1.54, 1.807) is 7.11 Å². The molecule has 4 nitrogen and oxygen atoms in total. The van der Waals surface area contributed by atoms with Crippen LogP contribution in [-0.2, 0) is 0 Å². The van der Waals surface area contributed by atoms with Crippen molar-refractivity contribution in [2.24, 2.45) is 0 Å². The van der Waals surface area contributed by atoms with Crippen LogP contribution in [0.3, 0.4) is 0 Å². The highest BCUT2D eigenvalue weighted by atomic mass is 19.1. The van der Waals surface area contributed by atoms with Crippen molar-refractivity contribution in [2.45, 2.75) is 13.0 Å². The van der Waals surface area contributed by atoms with Crippen molar-refractivity contribution < 1.29 is 13.9 Å². The van der Waals surface area contributed by atoms with Crippen LogP contribution in [0.25, 0.3) is 0 Å². The van der Waals surface area contributed by atoms with Gasteiger partial charge in [0.25, 0.3) is 5.91 Å². The average Bonchev–Trinajstić information content (AvgIpc) is 2.47. The lowest BCUT2D eigenvalue weighted by atomic mass is 10.1. The summed E-state index contributed by atoms with van der Waals surface area (Å²) in [6.07, 6.45) is 2.40. The number of rotatable bonds is 4. The van der Waals surface area contributed by atoms with Gasteiger partial charge in [-0.15, -0.1) is 0 Å². The van der Waals surface area contributed by atoms with Gasteiger partial charge in [0.15, 0.2) is 5.82 Å². The second-order valence-electron chi connectivity index (χ2n) is 4.29. The maximum absolute atomic E-state index is 13.5. The molecule has 1 unspecified atom stereocenters. The van der Waals surface area contributed by atoms with E-state index < -0.39 is 11.7 Å². The van der Waals surface area contributed by atoms with Gasteiger partial charge >= 0.3 is 0 Å². The van der Waals surface area contributed by atoms with Crippen molar-refractivity contribution in [1.29, 1.82) is 0 Å². The Hall–Kier alpha value is -2.43. The van der Waals surface area contributed by atoms with Gasteiger partial charge in [0.1, 0.15) is 5.75 Å². The molecule has 104 valence electrons. The molecule has 1 N–H and O–H groups in total. The Morgan fingerprint density at radius 3 is 2.80 bits per heavy atom. The molecule has 0 spiro atoms. The first kappa shape index (κ1) is 14.0. The highest BCUT2D eigenvalue weighted by Gasteiger charge is 2.17. The number of amides is 1. The smallest absolute Gasteiger partial charge is 0.254 e. The monoisotopic (exact) mass is 274 g/mol. The van der Waals surface area contributed by atoms with Gasteiger partial charge in [0, 0.05) is 11.8 Å². The zero-order valence-electron chi connectivity index (χ0n) is 11.3. The maximum Gasteiger partial charge on any atom is 0.254 e. The summed E-state index contributed by atoms with van der Waals surface area (Å²) in [5, 5.41) is 2.74. The summed E-state index contributed by atoms with van der Waals surface area (Å²) in [6.45, 7) is 1.81. The van der Waals surface area contributed by atoms with Gasteiger partial charge in [0.05, 0.1) is 24.9 Å². The standard InChI is InChI=1S/C15H15FN2O2/c1-10(11-5-3-4-6-14(11)20-2)18-15(19)12-7-8-17-9-13(12)16/h3-10H,1-2H3,(H,18,19). The maximum atomic E-state index is 13.5. The number of ether oxygens (including phenoxy) is 1. The van der Waals surface area contributed by atoms with Crippen LogP contribution < -0.4 is 10.1 Å². The molecule has 0 aliphatic rings. The highest BCUT2D eigenvalue weighted by molar-refractivity contribution is 5.94. The Morgan fingerprint density at radius 1 is 1.35 bits per heavy atom. The number of carbonyl (C=O) groups is 1. The van der Waals surface area contributed by atoms with Crippen molar-refractivity contribution in [1.82, 2.24) is 10.3 Å². The van der Waals surface area contributed by atoms with E-state index in [1.165, 1.54) is 12.3 Å².